The third-order valence-electron chi connectivity index (χ3n) is 11.3. The van der Waals surface area contributed by atoms with Gasteiger partial charge in [0, 0.05) is 44.4 Å². The Balaban J connectivity index is 1.24. The first kappa shape index (κ1) is 25.5. The van der Waals surface area contributed by atoms with Gasteiger partial charge in [-0.05, 0) is 106 Å². The van der Waals surface area contributed by atoms with E-state index < -0.39 is 0 Å². The van der Waals surface area contributed by atoms with Crippen molar-refractivity contribution in [3.63, 3.8) is 0 Å². The largest absolute Gasteiger partial charge is 0.456 e. The minimum Gasteiger partial charge on any atom is -0.456 e. The van der Waals surface area contributed by atoms with Crippen molar-refractivity contribution in [2.24, 2.45) is 0 Å². The number of allylic oxidation sites excluding steroid dienone is 1. The summed E-state index contributed by atoms with van der Waals surface area (Å²) in [6.45, 7) is 9.47. The minimum atomic E-state index is -0.0394. The van der Waals surface area contributed by atoms with Crippen LogP contribution in [0.1, 0.15) is 85.9 Å². The van der Waals surface area contributed by atoms with Gasteiger partial charge in [-0.1, -0.05) is 88.4 Å². The average molecular weight is 582 g/mol. The van der Waals surface area contributed by atoms with E-state index in [9.17, 15) is 0 Å². The van der Waals surface area contributed by atoms with E-state index in [0.717, 1.165) is 24.0 Å². The smallest absolute Gasteiger partial charge is 0.139 e. The van der Waals surface area contributed by atoms with Gasteiger partial charge >= 0.3 is 0 Å². The Morgan fingerprint density at radius 2 is 1.56 bits per heavy atom. The second kappa shape index (κ2) is 8.67. The number of furan rings is 1. The first-order chi connectivity index (χ1) is 22.0. The van der Waals surface area contributed by atoms with Gasteiger partial charge in [-0.25, -0.2) is 0 Å². The molecule has 45 heavy (non-hydrogen) atoms. The highest BCUT2D eigenvalue weighted by molar-refractivity contribution is 6.09. The summed E-state index contributed by atoms with van der Waals surface area (Å²) in [5.41, 5.74) is 18.4. The molecule has 3 aliphatic carbocycles. The zero-order valence-corrected chi connectivity index (χ0v) is 26.2. The highest BCUT2D eigenvalue weighted by atomic mass is 16.3. The molecule has 0 bridgehead atoms. The molecule has 0 aliphatic heterocycles. The number of nitrogens with zero attached hydrogens (tertiary/aromatic N) is 1. The second-order valence-corrected chi connectivity index (χ2v) is 14.0. The Kier molecular flexibility index (Phi) is 4.91. The lowest BCUT2D eigenvalue weighted by atomic mass is 9.82. The first-order valence-corrected chi connectivity index (χ1v) is 16.5. The summed E-state index contributed by atoms with van der Waals surface area (Å²) >= 11 is 0. The molecule has 2 heterocycles. The lowest BCUT2D eigenvalue weighted by molar-refractivity contribution is 0.655. The molecule has 0 radical (unpaired) electrons. The van der Waals surface area contributed by atoms with Crippen molar-refractivity contribution in [1.82, 2.24) is 4.57 Å². The Morgan fingerprint density at radius 3 is 2.44 bits per heavy atom. The summed E-state index contributed by atoms with van der Waals surface area (Å²) in [6, 6.07) is 34.3. The van der Waals surface area contributed by atoms with Crippen LogP contribution in [0.2, 0.25) is 0 Å². The molecular formula is C43H35NO. The fourth-order valence-corrected chi connectivity index (χ4v) is 9.18. The predicted octanol–water partition coefficient (Wildman–Crippen LogP) is 11.9. The van der Waals surface area contributed by atoms with Gasteiger partial charge in [-0.2, -0.15) is 0 Å². The van der Waals surface area contributed by atoms with E-state index >= 15 is 0 Å². The molecule has 0 fully saturated rings. The zero-order valence-electron chi connectivity index (χ0n) is 26.2. The van der Waals surface area contributed by atoms with Crippen LogP contribution in [0, 0.1) is 0 Å². The molecule has 2 unspecified atom stereocenters. The van der Waals surface area contributed by atoms with Crippen molar-refractivity contribution in [3.8, 4) is 27.9 Å². The van der Waals surface area contributed by atoms with Crippen LogP contribution in [0.25, 0.3) is 66.9 Å². The van der Waals surface area contributed by atoms with Gasteiger partial charge < -0.3 is 8.98 Å². The van der Waals surface area contributed by atoms with Crippen LogP contribution in [0.5, 0.6) is 0 Å². The summed E-state index contributed by atoms with van der Waals surface area (Å²) in [5, 5.41) is 3.81. The SMILES string of the molecule is CCC1c2cc3c(cc2-c2ccc4c(oc5ccccc54)c21)c1c(n3-c2ccc3c(c2)C(C)(C)c2ccccc2-3)C=CCC1C. The molecule has 2 aromatic heterocycles. The van der Waals surface area contributed by atoms with Crippen molar-refractivity contribution in [1.29, 1.82) is 0 Å². The van der Waals surface area contributed by atoms with E-state index in [1.54, 1.807) is 0 Å². The van der Waals surface area contributed by atoms with E-state index in [0.29, 0.717) is 11.8 Å². The third kappa shape index (κ3) is 3.15. The van der Waals surface area contributed by atoms with E-state index in [2.05, 4.69) is 135 Å². The third-order valence-corrected chi connectivity index (χ3v) is 11.3. The van der Waals surface area contributed by atoms with Gasteiger partial charge in [0.25, 0.3) is 0 Å². The quantitative estimate of drug-likeness (QED) is 0.199. The molecule has 218 valence electrons. The molecule has 7 aromatic rings. The molecular weight excluding hydrogens is 546 g/mol. The zero-order chi connectivity index (χ0) is 30.2. The number of aromatic nitrogens is 1. The maximum atomic E-state index is 6.61. The van der Waals surface area contributed by atoms with Gasteiger partial charge in [0.05, 0.1) is 5.52 Å². The average Bonchev–Trinajstić information content (AvgIpc) is 3.76. The van der Waals surface area contributed by atoms with Crippen LogP contribution in [0.3, 0.4) is 0 Å². The summed E-state index contributed by atoms with van der Waals surface area (Å²) in [4.78, 5) is 0. The highest BCUT2D eigenvalue weighted by Gasteiger charge is 2.37. The van der Waals surface area contributed by atoms with E-state index in [-0.39, 0.29) is 5.41 Å². The first-order valence-electron chi connectivity index (χ1n) is 16.5. The van der Waals surface area contributed by atoms with Gasteiger partial charge in [0.1, 0.15) is 11.2 Å². The number of benzene rings is 5. The normalized spacial score (nSPS) is 18.8. The fourth-order valence-electron chi connectivity index (χ4n) is 9.18. The summed E-state index contributed by atoms with van der Waals surface area (Å²) in [7, 11) is 0. The molecule has 10 rings (SSSR count). The van der Waals surface area contributed by atoms with Crippen LogP contribution in [-0.4, -0.2) is 4.57 Å². The molecule has 2 nitrogen and oxygen atoms in total. The van der Waals surface area contributed by atoms with Gasteiger partial charge in [0.2, 0.25) is 0 Å². The maximum Gasteiger partial charge on any atom is 0.139 e. The molecule has 0 saturated heterocycles. The molecule has 2 heteroatoms. The summed E-state index contributed by atoms with van der Waals surface area (Å²) in [5.74, 6) is 0.757. The van der Waals surface area contributed by atoms with Crippen molar-refractivity contribution in [2.45, 2.75) is 57.8 Å². The maximum absolute atomic E-state index is 6.61. The van der Waals surface area contributed by atoms with Gasteiger partial charge in [-0.3, -0.25) is 0 Å². The molecule has 0 saturated carbocycles. The number of rotatable bonds is 2. The lowest BCUT2D eigenvalue weighted by Gasteiger charge is -2.23. The standard InChI is InChI=1S/C43H35NO/c1-5-26-33-23-38-34(22-32(33)30-19-20-31-29-13-7-9-16-39(29)45-42(31)41(26)30)40-24(2)11-10-15-37(40)44(38)25-17-18-28-27-12-6-8-14-35(27)43(3,4)36(28)21-25/h6-10,12-24,26H,5,11H2,1-4H3. The summed E-state index contributed by atoms with van der Waals surface area (Å²) in [6.07, 6.45) is 6.84. The van der Waals surface area contributed by atoms with E-state index in [1.165, 1.54) is 83.1 Å². The van der Waals surface area contributed by atoms with Crippen molar-refractivity contribution >= 4 is 38.9 Å². The fraction of sp³-hybridized carbons (Fsp3) is 0.209. The van der Waals surface area contributed by atoms with Crippen molar-refractivity contribution < 1.29 is 4.42 Å². The van der Waals surface area contributed by atoms with Crippen LogP contribution < -0.4 is 0 Å². The molecule has 2 atom stereocenters. The number of fused-ring (bicyclic) bond motifs is 13. The molecule has 0 spiro atoms. The topological polar surface area (TPSA) is 18.1 Å². The second-order valence-electron chi connectivity index (χ2n) is 14.0. The van der Waals surface area contributed by atoms with E-state index in [4.69, 9.17) is 4.42 Å². The summed E-state index contributed by atoms with van der Waals surface area (Å²) < 4.78 is 9.17. The number of hydrogen-bond donors (Lipinski definition) is 0. The van der Waals surface area contributed by atoms with Crippen LogP contribution >= 0.6 is 0 Å². The van der Waals surface area contributed by atoms with Crippen molar-refractivity contribution in [3.05, 3.63) is 131 Å². The minimum absolute atomic E-state index is 0.0394. The lowest BCUT2D eigenvalue weighted by Crippen LogP contribution is -2.15. The monoisotopic (exact) mass is 581 g/mol. The van der Waals surface area contributed by atoms with Crippen LogP contribution in [0.4, 0.5) is 0 Å². The molecule has 3 aliphatic rings. The van der Waals surface area contributed by atoms with Gasteiger partial charge in [-0.15, -0.1) is 0 Å². The molecule has 0 N–H and O–H groups in total. The Hall–Kier alpha value is -4.82. The van der Waals surface area contributed by atoms with E-state index in [1.807, 2.05) is 0 Å². The molecule has 5 aromatic carbocycles. The van der Waals surface area contributed by atoms with Crippen molar-refractivity contribution in [2.75, 3.05) is 0 Å². The molecule has 0 amide bonds. The Bertz CT molecular complexity index is 2440. The van der Waals surface area contributed by atoms with Crippen LogP contribution in [-0.2, 0) is 5.41 Å². The number of hydrogen-bond acceptors (Lipinski definition) is 1. The van der Waals surface area contributed by atoms with Crippen LogP contribution in [0.15, 0.2) is 101 Å². The predicted molar refractivity (Wildman–Crippen MR) is 188 cm³/mol. The Labute approximate surface area is 263 Å². The Morgan fingerprint density at radius 1 is 0.756 bits per heavy atom. The number of para-hydroxylation sites is 1. The van der Waals surface area contributed by atoms with Gasteiger partial charge in [0.15, 0.2) is 0 Å². The highest BCUT2D eigenvalue weighted by Crippen LogP contribution is 2.54.